The van der Waals surface area contributed by atoms with E-state index in [1.807, 2.05) is 0 Å². The smallest absolute Gasteiger partial charge is 0.140 e. The summed E-state index contributed by atoms with van der Waals surface area (Å²) in [6.45, 7) is 2.13. The van der Waals surface area contributed by atoms with Crippen LogP contribution in [0.25, 0.3) is 0 Å². The van der Waals surface area contributed by atoms with Gasteiger partial charge in [0.25, 0.3) is 0 Å². The number of carbonyl (C=O) groups excluding carboxylic acids is 1. The molecule has 90 valence electrons. The number of allylic oxidation sites excluding steroid dienone is 2. The van der Waals surface area contributed by atoms with E-state index < -0.39 is 0 Å². The molecular weight excluding hydrogens is 212 g/mol. The molecule has 2 heteroatoms. The van der Waals surface area contributed by atoms with Gasteiger partial charge in [-0.25, -0.2) is 0 Å². The van der Waals surface area contributed by atoms with E-state index in [0.29, 0.717) is 25.0 Å². The van der Waals surface area contributed by atoms with Gasteiger partial charge in [-0.2, -0.15) is 0 Å². The monoisotopic (exact) mass is 230 g/mol. The van der Waals surface area contributed by atoms with Gasteiger partial charge in [0.15, 0.2) is 0 Å². The molecule has 0 fully saturated rings. The third-order valence-corrected chi connectivity index (χ3v) is 3.32. The van der Waals surface area contributed by atoms with Crippen LogP contribution >= 0.6 is 0 Å². The van der Waals surface area contributed by atoms with Crippen molar-refractivity contribution in [3.8, 4) is 0 Å². The van der Waals surface area contributed by atoms with Gasteiger partial charge in [0, 0.05) is 18.8 Å². The quantitative estimate of drug-likeness (QED) is 0.865. The predicted octanol–water partition coefficient (Wildman–Crippen LogP) is 3.21. The van der Waals surface area contributed by atoms with Crippen LogP contribution in [0.2, 0.25) is 0 Å². The lowest BCUT2D eigenvalue weighted by atomic mass is 9.88. The first-order valence-corrected chi connectivity index (χ1v) is 6.19. The minimum absolute atomic E-state index is 0.142. The van der Waals surface area contributed by atoms with Crippen LogP contribution in [0.5, 0.6) is 0 Å². The highest BCUT2D eigenvalue weighted by Gasteiger charge is 2.21. The Morgan fingerprint density at radius 2 is 1.82 bits per heavy atom. The molecule has 0 amide bonds. The fourth-order valence-electron chi connectivity index (χ4n) is 2.18. The summed E-state index contributed by atoms with van der Waals surface area (Å²) in [5.74, 6) is 0.457. The molecule has 0 saturated heterocycles. The Hall–Kier alpha value is -1.57. The lowest BCUT2D eigenvalue weighted by Crippen LogP contribution is -2.19. The zero-order valence-corrected chi connectivity index (χ0v) is 10.1. The van der Waals surface area contributed by atoms with Crippen LogP contribution in [-0.4, -0.2) is 10.9 Å². The number of rotatable bonds is 3. The minimum Gasteiger partial charge on any atom is -0.513 e. The summed E-state index contributed by atoms with van der Waals surface area (Å²) >= 11 is 0. The van der Waals surface area contributed by atoms with Crippen molar-refractivity contribution in [3.05, 3.63) is 47.2 Å². The normalized spacial score (nSPS) is 20.2. The highest BCUT2D eigenvalue weighted by Crippen LogP contribution is 2.22. The lowest BCUT2D eigenvalue weighted by molar-refractivity contribution is -0.122. The number of Topliss-reactive ketones (excluding diaryl/α,β-unsaturated/α-hetero) is 1. The summed E-state index contributed by atoms with van der Waals surface area (Å²) in [5, 5.41) is 9.47. The second kappa shape index (κ2) is 5.17. The van der Waals surface area contributed by atoms with Crippen LogP contribution in [0.4, 0.5) is 0 Å². The number of carbonyl (C=O) groups is 1. The van der Waals surface area contributed by atoms with E-state index in [9.17, 15) is 9.90 Å². The number of ketones is 1. The minimum atomic E-state index is -0.142. The van der Waals surface area contributed by atoms with E-state index >= 15 is 0 Å². The molecule has 2 nitrogen and oxygen atoms in total. The van der Waals surface area contributed by atoms with Crippen LogP contribution in [0.15, 0.2) is 36.1 Å². The van der Waals surface area contributed by atoms with Gasteiger partial charge in [-0.3, -0.25) is 4.79 Å². The van der Waals surface area contributed by atoms with Gasteiger partial charge in [-0.05, 0) is 30.0 Å². The molecule has 2 rings (SSSR count). The van der Waals surface area contributed by atoms with E-state index in [2.05, 4.69) is 31.2 Å². The highest BCUT2D eigenvalue weighted by molar-refractivity contribution is 5.84. The Kier molecular flexibility index (Phi) is 3.62. The molecule has 0 heterocycles. The molecule has 0 spiro atoms. The number of hydrogen-bond donors (Lipinski definition) is 1. The van der Waals surface area contributed by atoms with Crippen LogP contribution in [-0.2, 0) is 17.6 Å². The van der Waals surface area contributed by atoms with E-state index in [0.717, 1.165) is 12.0 Å². The predicted molar refractivity (Wildman–Crippen MR) is 68.0 cm³/mol. The summed E-state index contributed by atoms with van der Waals surface area (Å²) in [5.41, 5.74) is 2.47. The van der Waals surface area contributed by atoms with E-state index in [4.69, 9.17) is 0 Å². The highest BCUT2D eigenvalue weighted by atomic mass is 16.3. The van der Waals surface area contributed by atoms with Crippen LogP contribution in [0.1, 0.15) is 30.9 Å². The van der Waals surface area contributed by atoms with Crippen molar-refractivity contribution in [1.82, 2.24) is 0 Å². The third kappa shape index (κ3) is 2.96. The molecule has 0 radical (unpaired) electrons. The molecule has 1 aliphatic carbocycles. The summed E-state index contributed by atoms with van der Waals surface area (Å²) in [4.78, 5) is 11.7. The summed E-state index contributed by atoms with van der Waals surface area (Å²) < 4.78 is 0. The van der Waals surface area contributed by atoms with Crippen LogP contribution in [0.3, 0.4) is 0 Å². The SMILES string of the molecule is CCc1ccc(CC2C=C(O)CCC2=O)cc1. The molecule has 1 aliphatic rings. The van der Waals surface area contributed by atoms with Crippen molar-refractivity contribution >= 4 is 5.78 Å². The number of hydrogen-bond acceptors (Lipinski definition) is 2. The van der Waals surface area contributed by atoms with Gasteiger partial charge in [0.1, 0.15) is 5.78 Å². The Labute approximate surface area is 102 Å². The fraction of sp³-hybridized carbons (Fsp3) is 0.400. The first kappa shape index (κ1) is 11.9. The molecule has 0 aromatic heterocycles. The van der Waals surface area contributed by atoms with Gasteiger partial charge in [0.05, 0.1) is 5.76 Å². The molecule has 0 bridgehead atoms. The summed E-state index contributed by atoms with van der Waals surface area (Å²) in [7, 11) is 0. The van der Waals surface area contributed by atoms with Gasteiger partial charge < -0.3 is 5.11 Å². The Morgan fingerprint density at radius 3 is 2.47 bits per heavy atom. The maximum Gasteiger partial charge on any atom is 0.140 e. The zero-order valence-electron chi connectivity index (χ0n) is 10.1. The molecular formula is C15H18O2. The maximum atomic E-state index is 11.7. The number of benzene rings is 1. The average Bonchev–Trinajstić information content (AvgIpc) is 2.35. The van der Waals surface area contributed by atoms with Gasteiger partial charge >= 0.3 is 0 Å². The molecule has 1 aromatic rings. The molecule has 1 unspecified atom stereocenters. The third-order valence-electron chi connectivity index (χ3n) is 3.32. The fourth-order valence-corrected chi connectivity index (χ4v) is 2.18. The van der Waals surface area contributed by atoms with Crippen molar-refractivity contribution in [1.29, 1.82) is 0 Å². The van der Waals surface area contributed by atoms with Crippen molar-refractivity contribution in [3.63, 3.8) is 0 Å². The first-order valence-electron chi connectivity index (χ1n) is 6.19. The largest absolute Gasteiger partial charge is 0.513 e. The molecule has 17 heavy (non-hydrogen) atoms. The van der Waals surface area contributed by atoms with Gasteiger partial charge in [-0.15, -0.1) is 0 Å². The average molecular weight is 230 g/mol. The van der Waals surface area contributed by atoms with E-state index in [-0.39, 0.29) is 11.7 Å². The van der Waals surface area contributed by atoms with E-state index in [1.54, 1.807) is 6.08 Å². The molecule has 1 atom stereocenters. The second-order valence-corrected chi connectivity index (χ2v) is 4.60. The van der Waals surface area contributed by atoms with Crippen LogP contribution < -0.4 is 0 Å². The van der Waals surface area contributed by atoms with Crippen molar-refractivity contribution in [2.75, 3.05) is 0 Å². The second-order valence-electron chi connectivity index (χ2n) is 4.60. The standard InChI is InChI=1S/C15H18O2/c1-2-11-3-5-12(6-4-11)9-13-10-14(16)7-8-15(13)17/h3-6,10,13,16H,2,7-9H2,1H3. The summed E-state index contributed by atoms with van der Waals surface area (Å²) in [6.07, 6.45) is 4.42. The Morgan fingerprint density at radius 1 is 1.18 bits per heavy atom. The zero-order chi connectivity index (χ0) is 12.3. The van der Waals surface area contributed by atoms with E-state index in [1.165, 1.54) is 5.56 Å². The number of aliphatic hydroxyl groups is 1. The maximum absolute atomic E-state index is 11.7. The number of aryl methyl sites for hydroxylation is 1. The number of aliphatic hydroxyl groups excluding tert-OH is 1. The first-order chi connectivity index (χ1) is 8.19. The van der Waals surface area contributed by atoms with Crippen molar-refractivity contribution in [2.45, 2.75) is 32.6 Å². The molecule has 0 aliphatic heterocycles. The van der Waals surface area contributed by atoms with Gasteiger partial charge in [-0.1, -0.05) is 31.2 Å². The van der Waals surface area contributed by atoms with Crippen molar-refractivity contribution < 1.29 is 9.90 Å². The van der Waals surface area contributed by atoms with Gasteiger partial charge in [0.2, 0.25) is 0 Å². The summed E-state index contributed by atoms with van der Waals surface area (Å²) in [6, 6.07) is 8.36. The molecule has 1 aromatic carbocycles. The Bertz CT molecular complexity index is 429. The van der Waals surface area contributed by atoms with Crippen LogP contribution in [0, 0.1) is 5.92 Å². The Balaban J connectivity index is 2.09. The molecule has 1 N–H and O–H groups in total. The lowest BCUT2D eigenvalue weighted by Gasteiger charge is -2.17. The van der Waals surface area contributed by atoms with Crippen molar-refractivity contribution in [2.24, 2.45) is 5.92 Å². The molecule has 0 saturated carbocycles. The topological polar surface area (TPSA) is 37.3 Å².